The molecule has 1 aliphatic rings. The van der Waals surface area contributed by atoms with Crippen LogP contribution in [-0.4, -0.2) is 35.4 Å². The number of nitrogens with zero attached hydrogens (tertiary/aromatic N) is 4. The van der Waals surface area contributed by atoms with Crippen molar-refractivity contribution in [1.82, 2.24) is 15.2 Å². The number of hydrogen-bond donors (Lipinski definition) is 0. The van der Waals surface area contributed by atoms with E-state index in [4.69, 9.17) is 9.72 Å². The largest absolute Gasteiger partial charge is 0.496 e. The van der Waals surface area contributed by atoms with Gasteiger partial charge in [0.2, 0.25) is 5.13 Å². The van der Waals surface area contributed by atoms with Crippen LogP contribution >= 0.6 is 22.7 Å². The van der Waals surface area contributed by atoms with Crippen LogP contribution in [0.3, 0.4) is 0 Å². The second-order valence-corrected chi connectivity index (χ2v) is 8.99. The molecule has 1 aliphatic heterocycles. The van der Waals surface area contributed by atoms with Gasteiger partial charge < -0.3 is 9.64 Å². The molecule has 142 valence electrons. The molecule has 3 aromatic rings. The number of hydrogen-bond acceptors (Lipinski definition) is 7. The van der Waals surface area contributed by atoms with Crippen molar-refractivity contribution in [1.29, 1.82) is 0 Å². The standard InChI is InChI=1S/C20H24N4OS2/c1-13(2)18-22-23-20(27-18)24-10-8-14(9-11-24)19-21-16(12-26-19)15-6-4-5-7-17(15)25-3/h4-7,12-14H,8-11H2,1-3H3. The van der Waals surface area contributed by atoms with E-state index < -0.39 is 0 Å². The zero-order chi connectivity index (χ0) is 18.8. The molecular formula is C20H24N4OS2. The fourth-order valence-electron chi connectivity index (χ4n) is 3.36. The van der Waals surface area contributed by atoms with Crippen molar-refractivity contribution >= 4 is 27.8 Å². The van der Waals surface area contributed by atoms with Crippen LogP contribution in [-0.2, 0) is 0 Å². The van der Waals surface area contributed by atoms with Crippen LogP contribution < -0.4 is 9.64 Å². The van der Waals surface area contributed by atoms with E-state index in [1.165, 1.54) is 5.01 Å². The van der Waals surface area contributed by atoms with Crippen molar-refractivity contribution in [3.63, 3.8) is 0 Å². The molecule has 0 bridgehead atoms. The van der Waals surface area contributed by atoms with Gasteiger partial charge in [-0.15, -0.1) is 21.5 Å². The molecule has 0 N–H and O–H groups in total. The lowest BCUT2D eigenvalue weighted by molar-refractivity contribution is 0.416. The van der Waals surface area contributed by atoms with Crippen LogP contribution in [0.4, 0.5) is 5.13 Å². The first-order chi connectivity index (χ1) is 13.2. The Morgan fingerprint density at radius 2 is 1.93 bits per heavy atom. The van der Waals surface area contributed by atoms with Gasteiger partial charge in [0.15, 0.2) is 0 Å². The second-order valence-electron chi connectivity index (χ2n) is 7.11. The van der Waals surface area contributed by atoms with Gasteiger partial charge in [0, 0.05) is 35.9 Å². The quantitative estimate of drug-likeness (QED) is 0.591. The summed E-state index contributed by atoms with van der Waals surface area (Å²) in [4.78, 5) is 7.30. The first-order valence-corrected chi connectivity index (χ1v) is 11.0. The van der Waals surface area contributed by atoms with Gasteiger partial charge in [0.1, 0.15) is 10.8 Å². The molecule has 27 heavy (non-hydrogen) atoms. The van der Waals surface area contributed by atoms with Crippen molar-refractivity contribution in [3.05, 3.63) is 39.7 Å². The van der Waals surface area contributed by atoms with E-state index in [9.17, 15) is 0 Å². The first kappa shape index (κ1) is 18.4. The summed E-state index contributed by atoms with van der Waals surface area (Å²) in [5, 5.41) is 14.3. The summed E-state index contributed by atoms with van der Waals surface area (Å²) < 4.78 is 5.48. The Labute approximate surface area is 168 Å². The fraction of sp³-hybridized carbons (Fsp3) is 0.450. The van der Waals surface area contributed by atoms with Crippen LogP contribution in [0.1, 0.15) is 48.5 Å². The van der Waals surface area contributed by atoms with E-state index in [0.717, 1.165) is 53.1 Å². The van der Waals surface area contributed by atoms with Crippen molar-refractivity contribution < 1.29 is 4.74 Å². The van der Waals surface area contributed by atoms with Gasteiger partial charge in [-0.2, -0.15) is 0 Å². The molecule has 0 radical (unpaired) electrons. The SMILES string of the molecule is COc1ccccc1-c1csc(C2CCN(c3nnc(C(C)C)s3)CC2)n1. The Morgan fingerprint density at radius 3 is 2.63 bits per heavy atom. The lowest BCUT2D eigenvalue weighted by Crippen LogP contribution is -2.32. The molecule has 0 saturated carbocycles. The number of ether oxygens (including phenoxy) is 1. The minimum atomic E-state index is 0.442. The van der Waals surface area contributed by atoms with Crippen molar-refractivity contribution in [2.75, 3.05) is 25.1 Å². The number of benzene rings is 1. The minimum absolute atomic E-state index is 0.442. The molecule has 0 atom stereocenters. The molecule has 1 saturated heterocycles. The van der Waals surface area contributed by atoms with Gasteiger partial charge in [-0.1, -0.05) is 37.3 Å². The van der Waals surface area contributed by atoms with E-state index in [-0.39, 0.29) is 0 Å². The summed E-state index contributed by atoms with van der Waals surface area (Å²) in [6, 6.07) is 8.08. The van der Waals surface area contributed by atoms with E-state index in [1.54, 1.807) is 29.8 Å². The molecule has 0 unspecified atom stereocenters. The summed E-state index contributed by atoms with van der Waals surface area (Å²) in [6.07, 6.45) is 2.21. The number of rotatable bonds is 5. The zero-order valence-electron chi connectivity index (χ0n) is 15.9. The highest BCUT2D eigenvalue weighted by Gasteiger charge is 2.25. The average Bonchev–Trinajstić information content (AvgIpc) is 3.38. The van der Waals surface area contributed by atoms with Gasteiger partial charge >= 0.3 is 0 Å². The van der Waals surface area contributed by atoms with Gasteiger partial charge in [0.25, 0.3) is 0 Å². The highest BCUT2D eigenvalue weighted by molar-refractivity contribution is 7.15. The van der Waals surface area contributed by atoms with Gasteiger partial charge in [-0.25, -0.2) is 4.98 Å². The number of methoxy groups -OCH3 is 1. The lowest BCUT2D eigenvalue weighted by Gasteiger charge is -2.30. The Balaban J connectivity index is 1.43. The topological polar surface area (TPSA) is 51.1 Å². The molecule has 0 aliphatic carbocycles. The molecule has 5 nitrogen and oxygen atoms in total. The van der Waals surface area contributed by atoms with E-state index >= 15 is 0 Å². The predicted molar refractivity (Wildman–Crippen MR) is 112 cm³/mol. The normalized spacial score (nSPS) is 15.5. The maximum Gasteiger partial charge on any atom is 0.208 e. The molecule has 2 aromatic heterocycles. The summed E-state index contributed by atoms with van der Waals surface area (Å²) in [5.74, 6) is 1.84. The highest BCUT2D eigenvalue weighted by atomic mass is 32.1. The third-order valence-electron chi connectivity index (χ3n) is 4.94. The molecule has 3 heterocycles. The number of piperidine rings is 1. The fourth-order valence-corrected chi connectivity index (χ4v) is 5.25. The first-order valence-electron chi connectivity index (χ1n) is 9.33. The molecule has 7 heteroatoms. The summed E-state index contributed by atoms with van der Waals surface area (Å²) in [7, 11) is 1.71. The minimum Gasteiger partial charge on any atom is -0.496 e. The third kappa shape index (κ3) is 3.84. The van der Waals surface area contributed by atoms with Gasteiger partial charge in [-0.05, 0) is 25.0 Å². The van der Waals surface area contributed by atoms with Crippen molar-refractivity contribution in [3.8, 4) is 17.0 Å². The summed E-state index contributed by atoms with van der Waals surface area (Å²) in [6.45, 7) is 6.36. The van der Waals surface area contributed by atoms with Crippen LogP contribution in [0.5, 0.6) is 5.75 Å². The van der Waals surface area contributed by atoms with Crippen LogP contribution in [0, 0.1) is 0 Å². The van der Waals surface area contributed by atoms with Gasteiger partial charge in [-0.3, -0.25) is 0 Å². The van der Waals surface area contributed by atoms with E-state index in [0.29, 0.717) is 11.8 Å². The molecular weight excluding hydrogens is 376 g/mol. The highest BCUT2D eigenvalue weighted by Crippen LogP contribution is 2.37. The molecule has 1 fully saturated rings. The Kier molecular flexibility index (Phi) is 5.41. The molecule has 0 amide bonds. The average molecular weight is 401 g/mol. The number of aromatic nitrogens is 3. The smallest absolute Gasteiger partial charge is 0.208 e. The van der Waals surface area contributed by atoms with Crippen molar-refractivity contribution in [2.24, 2.45) is 0 Å². The lowest BCUT2D eigenvalue weighted by atomic mass is 9.98. The van der Waals surface area contributed by atoms with Crippen molar-refractivity contribution in [2.45, 2.75) is 38.5 Å². The predicted octanol–water partition coefficient (Wildman–Crippen LogP) is 5.18. The van der Waals surface area contributed by atoms with E-state index in [2.05, 4.69) is 40.4 Å². The summed E-state index contributed by atoms with van der Waals surface area (Å²) >= 11 is 3.49. The maximum absolute atomic E-state index is 5.48. The Bertz CT molecular complexity index is 897. The Hall–Kier alpha value is -1.99. The Morgan fingerprint density at radius 1 is 1.15 bits per heavy atom. The number of para-hydroxylation sites is 1. The van der Waals surface area contributed by atoms with Crippen LogP contribution in [0.2, 0.25) is 0 Å². The monoisotopic (exact) mass is 400 g/mol. The van der Waals surface area contributed by atoms with E-state index in [1.807, 2.05) is 18.2 Å². The van der Waals surface area contributed by atoms with Gasteiger partial charge in [0.05, 0.1) is 17.8 Å². The second kappa shape index (κ2) is 7.94. The maximum atomic E-state index is 5.48. The number of thiazole rings is 1. The third-order valence-corrected chi connectivity index (χ3v) is 7.24. The van der Waals surface area contributed by atoms with Crippen LogP contribution in [0.15, 0.2) is 29.6 Å². The number of anilines is 1. The molecule has 4 rings (SSSR count). The zero-order valence-corrected chi connectivity index (χ0v) is 17.5. The van der Waals surface area contributed by atoms with Crippen LogP contribution in [0.25, 0.3) is 11.3 Å². The summed E-state index contributed by atoms with van der Waals surface area (Å²) in [5.41, 5.74) is 2.08. The molecule has 0 spiro atoms. The molecule has 1 aromatic carbocycles.